The Balaban J connectivity index is 2.52. The van der Waals surface area contributed by atoms with Crippen molar-refractivity contribution in [2.75, 3.05) is 13.1 Å². The summed E-state index contributed by atoms with van der Waals surface area (Å²) in [6, 6.07) is 0. The van der Waals surface area contributed by atoms with Crippen LogP contribution in [0.4, 0.5) is 0 Å². The lowest BCUT2D eigenvalue weighted by Crippen LogP contribution is -2.24. The quantitative estimate of drug-likeness (QED) is 0.643. The molecular formula is C10H17NO. The molecule has 1 N–H and O–H groups in total. The average molecular weight is 167 g/mol. The number of rotatable bonds is 3. The zero-order valence-electron chi connectivity index (χ0n) is 7.89. The summed E-state index contributed by atoms with van der Waals surface area (Å²) in [5, 5.41) is 3.31. The van der Waals surface area contributed by atoms with Crippen molar-refractivity contribution < 1.29 is 4.79 Å². The number of carbonyl (C=O) groups excluding carboxylic acids is 1. The van der Waals surface area contributed by atoms with E-state index in [0.29, 0.717) is 12.3 Å². The summed E-state index contributed by atoms with van der Waals surface area (Å²) in [5.74, 6) is 0.639. The maximum absolute atomic E-state index is 11.1. The number of hydrogen-bond acceptors (Lipinski definition) is 2. The molecule has 1 rings (SSSR count). The molecule has 0 radical (unpaired) electrons. The zero-order chi connectivity index (χ0) is 9.19. The van der Waals surface area contributed by atoms with Crippen molar-refractivity contribution in [3.05, 3.63) is 12.7 Å². The van der Waals surface area contributed by atoms with Crippen LogP contribution in [0, 0.1) is 11.3 Å². The van der Waals surface area contributed by atoms with Gasteiger partial charge in [-0.1, -0.05) is 20.4 Å². The van der Waals surface area contributed by atoms with Crippen LogP contribution < -0.4 is 5.32 Å². The fourth-order valence-corrected chi connectivity index (χ4v) is 1.66. The molecule has 1 atom stereocenters. The van der Waals surface area contributed by atoms with Crippen LogP contribution in [0.1, 0.15) is 20.3 Å². The first kappa shape index (κ1) is 9.46. The Hall–Kier alpha value is -0.630. The second-order valence-electron chi connectivity index (χ2n) is 4.19. The highest BCUT2D eigenvalue weighted by molar-refractivity contribution is 5.89. The molecule has 12 heavy (non-hydrogen) atoms. The van der Waals surface area contributed by atoms with E-state index in [1.54, 1.807) is 0 Å². The van der Waals surface area contributed by atoms with Crippen LogP contribution in [0.2, 0.25) is 0 Å². The van der Waals surface area contributed by atoms with Gasteiger partial charge in [-0.3, -0.25) is 4.79 Å². The monoisotopic (exact) mass is 167 g/mol. The molecule has 0 aromatic heterocycles. The second kappa shape index (κ2) is 3.40. The van der Waals surface area contributed by atoms with Crippen LogP contribution >= 0.6 is 0 Å². The summed E-state index contributed by atoms with van der Waals surface area (Å²) >= 11 is 0. The van der Waals surface area contributed by atoms with Crippen molar-refractivity contribution in [1.29, 1.82) is 0 Å². The van der Waals surface area contributed by atoms with Gasteiger partial charge in [0.25, 0.3) is 0 Å². The van der Waals surface area contributed by atoms with E-state index in [9.17, 15) is 4.79 Å². The molecule has 2 heteroatoms. The molecule has 0 aromatic carbocycles. The molecule has 0 saturated carbocycles. The maximum Gasteiger partial charge on any atom is 0.155 e. The van der Waals surface area contributed by atoms with Crippen molar-refractivity contribution in [2.24, 2.45) is 11.3 Å². The van der Waals surface area contributed by atoms with Gasteiger partial charge in [0.1, 0.15) is 0 Å². The van der Waals surface area contributed by atoms with Gasteiger partial charge < -0.3 is 5.32 Å². The summed E-state index contributed by atoms with van der Waals surface area (Å²) in [6.07, 6.45) is 2.07. The number of nitrogens with one attached hydrogen (secondary N) is 1. The number of carbonyl (C=O) groups is 1. The van der Waals surface area contributed by atoms with Crippen molar-refractivity contribution in [2.45, 2.75) is 20.3 Å². The van der Waals surface area contributed by atoms with Crippen molar-refractivity contribution >= 4 is 5.78 Å². The topological polar surface area (TPSA) is 29.1 Å². The smallest absolute Gasteiger partial charge is 0.155 e. The highest BCUT2D eigenvalue weighted by atomic mass is 16.1. The van der Waals surface area contributed by atoms with E-state index in [-0.39, 0.29) is 11.2 Å². The highest BCUT2D eigenvalue weighted by Crippen LogP contribution is 2.32. The lowest BCUT2D eigenvalue weighted by Gasteiger charge is -2.24. The molecule has 0 aliphatic carbocycles. The predicted octanol–water partition coefficient (Wildman–Crippen LogP) is 1.38. The molecule has 1 fully saturated rings. The van der Waals surface area contributed by atoms with Gasteiger partial charge in [-0.05, 0) is 24.0 Å². The molecular weight excluding hydrogens is 150 g/mol. The third kappa shape index (κ3) is 1.95. The maximum atomic E-state index is 11.1. The molecule has 1 aliphatic heterocycles. The fraction of sp³-hybridized carbons (Fsp3) is 0.700. The largest absolute Gasteiger partial charge is 0.316 e. The van der Waals surface area contributed by atoms with Crippen LogP contribution in [0.15, 0.2) is 12.7 Å². The molecule has 0 bridgehead atoms. The van der Waals surface area contributed by atoms with Gasteiger partial charge in [0, 0.05) is 13.0 Å². The summed E-state index contributed by atoms with van der Waals surface area (Å²) < 4.78 is 0. The molecule has 1 heterocycles. The van der Waals surface area contributed by atoms with Gasteiger partial charge in [0.2, 0.25) is 0 Å². The van der Waals surface area contributed by atoms with E-state index in [4.69, 9.17) is 0 Å². The molecule has 1 aliphatic rings. The Morgan fingerprint density at radius 2 is 2.42 bits per heavy atom. The van der Waals surface area contributed by atoms with E-state index in [1.165, 1.54) is 6.08 Å². The van der Waals surface area contributed by atoms with Crippen LogP contribution in [0.5, 0.6) is 0 Å². The molecule has 0 spiro atoms. The minimum atomic E-state index is 0.164. The Kier molecular flexibility index (Phi) is 2.68. The Bertz CT molecular complexity index is 196. The summed E-state index contributed by atoms with van der Waals surface area (Å²) in [4.78, 5) is 11.1. The molecule has 68 valence electrons. The van der Waals surface area contributed by atoms with Gasteiger partial charge in [-0.15, -0.1) is 0 Å². The number of ketones is 1. The molecule has 1 saturated heterocycles. The minimum absolute atomic E-state index is 0.164. The third-order valence-corrected chi connectivity index (χ3v) is 2.75. The second-order valence-corrected chi connectivity index (χ2v) is 4.19. The Labute approximate surface area is 74.0 Å². The SMILES string of the molecule is C=CC(=O)CC1CNCC1(C)C. The molecule has 2 nitrogen and oxygen atoms in total. The standard InChI is InChI=1S/C10H17NO/c1-4-9(12)5-8-6-11-7-10(8,2)3/h4,8,11H,1,5-7H2,2-3H3. The fourth-order valence-electron chi connectivity index (χ4n) is 1.66. The van der Waals surface area contributed by atoms with Gasteiger partial charge in [0.15, 0.2) is 5.78 Å². The van der Waals surface area contributed by atoms with Crippen molar-refractivity contribution in [3.63, 3.8) is 0 Å². The van der Waals surface area contributed by atoms with E-state index < -0.39 is 0 Å². The summed E-state index contributed by atoms with van der Waals surface area (Å²) in [7, 11) is 0. The first-order valence-electron chi connectivity index (χ1n) is 4.42. The van der Waals surface area contributed by atoms with Crippen molar-refractivity contribution in [1.82, 2.24) is 5.32 Å². The van der Waals surface area contributed by atoms with E-state index in [0.717, 1.165) is 13.1 Å². The first-order valence-corrected chi connectivity index (χ1v) is 4.42. The molecule has 0 aromatic rings. The molecule has 0 amide bonds. The zero-order valence-corrected chi connectivity index (χ0v) is 7.89. The van der Waals surface area contributed by atoms with Crippen molar-refractivity contribution in [3.8, 4) is 0 Å². The highest BCUT2D eigenvalue weighted by Gasteiger charge is 2.34. The van der Waals surface area contributed by atoms with E-state index in [1.807, 2.05) is 0 Å². The van der Waals surface area contributed by atoms with Gasteiger partial charge in [-0.2, -0.15) is 0 Å². The van der Waals surface area contributed by atoms with Crippen LogP contribution in [0.25, 0.3) is 0 Å². The average Bonchev–Trinajstić information content (AvgIpc) is 2.31. The third-order valence-electron chi connectivity index (χ3n) is 2.75. The number of allylic oxidation sites excluding steroid dienone is 1. The van der Waals surface area contributed by atoms with Crippen LogP contribution in [-0.4, -0.2) is 18.9 Å². The van der Waals surface area contributed by atoms with Gasteiger partial charge >= 0.3 is 0 Å². The van der Waals surface area contributed by atoms with Gasteiger partial charge in [-0.25, -0.2) is 0 Å². The van der Waals surface area contributed by atoms with Crippen LogP contribution in [0.3, 0.4) is 0 Å². The van der Waals surface area contributed by atoms with E-state index in [2.05, 4.69) is 25.7 Å². The lowest BCUT2D eigenvalue weighted by atomic mass is 9.79. The van der Waals surface area contributed by atoms with Gasteiger partial charge in [0.05, 0.1) is 0 Å². The van der Waals surface area contributed by atoms with E-state index >= 15 is 0 Å². The summed E-state index contributed by atoms with van der Waals surface area (Å²) in [6.45, 7) is 9.87. The summed E-state index contributed by atoms with van der Waals surface area (Å²) in [5.41, 5.74) is 0.263. The lowest BCUT2D eigenvalue weighted by molar-refractivity contribution is -0.115. The normalized spacial score (nSPS) is 27.0. The first-order chi connectivity index (χ1) is 5.56. The minimum Gasteiger partial charge on any atom is -0.316 e. The Morgan fingerprint density at radius 1 is 1.75 bits per heavy atom. The molecule has 1 unspecified atom stereocenters. The predicted molar refractivity (Wildman–Crippen MR) is 50.0 cm³/mol. The van der Waals surface area contributed by atoms with Crippen LogP contribution in [-0.2, 0) is 4.79 Å². The Morgan fingerprint density at radius 3 is 2.83 bits per heavy atom. The number of hydrogen-bond donors (Lipinski definition) is 1.